The molecule has 0 aromatic carbocycles. The van der Waals surface area contributed by atoms with Crippen molar-refractivity contribution in [2.45, 2.75) is 91.6 Å². The second kappa shape index (κ2) is 6.56. The third-order valence-corrected chi connectivity index (χ3v) is 5.49. The summed E-state index contributed by atoms with van der Waals surface area (Å²) in [5.74, 6) is 0. The van der Waals surface area contributed by atoms with Gasteiger partial charge in [-0.1, -0.05) is 5.06 Å². The molecular weight excluding hydrogens is 348 g/mol. The number of rotatable bonds is 5. The number of hydrogen-bond acceptors (Lipinski definition) is 8. The zero-order valence-corrected chi connectivity index (χ0v) is 18.1. The van der Waals surface area contributed by atoms with Gasteiger partial charge in [0.25, 0.3) is 5.66 Å². The van der Waals surface area contributed by atoms with Gasteiger partial charge in [0.05, 0.1) is 5.54 Å². The molecule has 0 N–H and O–H groups in total. The van der Waals surface area contributed by atoms with Crippen molar-refractivity contribution in [3.05, 3.63) is 5.21 Å². The fourth-order valence-electron chi connectivity index (χ4n) is 3.71. The molecule has 2 aliphatic heterocycles. The topological polar surface area (TPSA) is 88.1 Å². The lowest BCUT2D eigenvalue weighted by atomic mass is 10.00. The molecule has 0 fully saturated rings. The smallest absolute Gasteiger partial charge is 0.254 e. The molecular formula is C18H32N6O3. The van der Waals surface area contributed by atoms with Crippen molar-refractivity contribution in [2.75, 3.05) is 0 Å². The van der Waals surface area contributed by atoms with Crippen LogP contribution in [0.2, 0.25) is 0 Å². The minimum absolute atomic E-state index is 0.343. The first-order valence-corrected chi connectivity index (χ1v) is 9.02. The molecule has 0 aromatic heterocycles. The van der Waals surface area contributed by atoms with Crippen LogP contribution in [0.15, 0.2) is 15.2 Å². The molecule has 9 nitrogen and oxygen atoms in total. The summed E-state index contributed by atoms with van der Waals surface area (Å²) >= 11 is 0. The Labute approximate surface area is 161 Å². The molecule has 0 radical (unpaired) electrons. The van der Waals surface area contributed by atoms with E-state index in [9.17, 15) is 5.21 Å². The Morgan fingerprint density at radius 1 is 0.889 bits per heavy atom. The summed E-state index contributed by atoms with van der Waals surface area (Å²) in [6.07, 6.45) is 2.44. The van der Waals surface area contributed by atoms with E-state index >= 15 is 0 Å². The lowest BCUT2D eigenvalue weighted by Crippen LogP contribution is -2.52. The van der Waals surface area contributed by atoms with Crippen LogP contribution in [0.5, 0.6) is 0 Å². The van der Waals surface area contributed by atoms with E-state index in [-0.39, 0.29) is 5.54 Å². The van der Waals surface area contributed by atoms with Gasteiger partial charge in [-0.15, -0.1) is 15.3 Å². The van der Waals surface area contributed by atoms with E-state index in [1.54, 1.807) is 30.9 Å². The number of hydroxylamine groups is 5. The summed E-state index contributed by atoms with van der Waals surface area (Å²) in [7, 11) is 0. The quantitative estimate of drug-likeness (QED) is 0.241. The predicted molar refractivity (Wildman–Crippen MR) is 107 cm³/mol. The van der Waals surface area contributed by atoms with Crippen LogP contribution in [0.25, 0.3) is 0 Å². The van der Waals surface area contributed by atoms with Crippen molar-refractivity contribution in [3.63, 3.8) is 0 Å². The molecule has 0 aliphatic carbocycles. The monoisotopic (exact) mass is 380 g/mol. The Morgan fingerprint density at radius 3 is 1.74 bits per heavy atom. The van der Waals surface area contributed by atoms with Crippen LogP contribution in [0, 0.1) is 5.21 Å². The molecule has 0 spiro atoms. The van der Waals surface area contributed by atoms with Gasteiger partial charge in [0.15, 0.2) is 5.71 Å². The van der Waals surface area contributed by atoms with Gasteiger partial charge in [-0.25, -0.2) is 0 Å². The lowest BCUT2D eigenvalue weighted by Gasteiger charge is -2.36. The third-order valence-electron chi connectivity index (χ3n) is 5.49. The summed E-state index contributed by atoms with van der Waals surface area (Å²) in [6, 6.07) is 0. The van der Waals surface area contributed by atoms with E-state index in [4.69, 9.17) is 9.68 Å². The van der Waals surface area contributed by atoms with Crippen LogP contribution in [0.1, 0.15) is 69.2 Å². The van der Waals surface area contributed by atoms with Gasteiger partial charge in [-0.2, -0.15) is 4.74 Å². The van der Waals surface area contributed by atoms with E-state index in [0.717, 1.165) is 10.5 Å². The minimum Gasteiger partial charge on any atom is -0.622 e. The molecule has 0 unspecified atom stereocenters. The summed E-state index contributed by atoms with van der Waals surface area (Å²) in [5.41, 5.74) is -0.589. The first kappa shape index (κ1) is 21.3. The van der Waals surface area contributed by atoms with Gasteiger partial charge in [0.1, 0.15) is 11.2 Å². The molecule has 2 heterocycles. The predicted octanol–water partition coefficient (Wildman–Crippen LogP) is 2.91. The Hall–Kier alpha value is -2.00. The molecule has 2 aliphatic rings. The van der Waals surface area contributed by atoms with Crippen molar-refractivity contribution in [3.8, 4) is 0 Å². The van der Waals surface area contributed by atoms with E-state index in [0.29, 0.717) is 5.71 Å². The van der Waals surface area contributed by atoms with Crippen molar-refractivity contribution in [1.82, 2.24) is 10.1 Å². The summed E-state index contributed by atoms with van der Waals surface area (Å²) in [5, 5.41) is 23.4. The van der Waals surface area contributed by atoms with Crippen LogP contribution in [-0.2, 0) is 9.68 Å². The Bertz CT molecular complexity index is 695. The highest BCUT2D eigenvalue weighted by Crippen LogP contribution is 2.35. The normalized spacial score (nSPS) is 27.0. The molecule has 0 atom stereocenters. The van der Waals surface area contributed by atoms with Crippen molar-refractivity contribution >= 4 is 24.2 Å². The number of nitrogens with zero attached hydrogens (tertiary/aromatic N) is 6. The van der Waals surface area contributed by atoms with E-state index in [1.165, 1.54) is 12.8 Å². The Balaban J connectivity index is 1.98. The van der Waals surface area contributed by atoms with Crippen LogP contribution in [0.4, 0.5) is 0 Å². The summed E-state index contributed by atoms with van der Waals surface area (Å²) in [4.78, 5) is 15.9. The first-order valence-electron chi connectivity index (χ1n) is 9.02. The zero-order chi connectivity index (χ0) is 20.8. The van der Waals surface area contributed by atoms with Gasteiger partial charge >= 0.3 is 0 Å². The lowest BCUT2D eigenvalue weighted by molar-refractivity contribution is -0.578. The van der Waals surface area contributed by atoms with Crippen LogP contribution < -0.4 is 0 Å². The highest BCUT2D eigenvalue weighted by molar-refractivity contribution is 5.92. The van der Waals surface area contributed by atoms with Gasteiger partial charge in [-0.3, -0.25) is 4.99 Å². The van der Waals surface area contributed by atoms with E-state index in [1.807, 2.05) is 48.5 Å². The highest BCUT2D eigenvalue weighted by Gasteiger charge is 2.57. The fourth-order valence-corrected chi connectivity index (χ4v) is 3.71. The standard InChI is InChI=1S/C18H32N6O3/c1-13-15(3,4)23(17(7,8)21-13)26-11-19-20-12-27-24-16(5,6)14(2)22(25)18(24,9)10/h11-12H,1-10H3/b19-11+,20-12+. The van der Waals surface area contributed by atoms with Crippen LogP contribution in [-0.4, -0.2) is 61.5 Å². The largest absolute Gasteiger partial charge is 0.622 e. The second-order valence-electron chi connectivity index (χ2n) is 8.93. The maximum atomic E-state index is 12.3. The molecule has 0 aromatic rings. The van der Waals surface area contributed by atoms with Gasteiger partial charge in [0.2, 0.25) is 12.8 Å². The molecule has 0 amide bonds. The van der Waals surface area contributed by atoms with Crippen LogP contribution >= 0.6 is 0 Å². The van der Waals surface area contributed by atoms with Crippen molar-refractivity contribution < 1.29 is 14.4 Å². The fraction of sp³-hybridized carbons (Fsp3) is 0.778. The summed E-state index contributed by atoms with van der Waals surface area (Å²) in [6.45, 7) is 19.2. The molecule has 0 saturated heterocycles. The van der Waals surface area contributed by atoms with Gasteiger partial charge < -0.3 is 14.9 Å². The maximum absolute atomic E-state index is 12.3. The molecule has 2 rings (SSSR count). The van der Waals surface area contributed by atoms with E-state index in [2.05, 4.69) is 15.2 Å². The molecule has 9 heteroatoms. The van der Waals surface area contributed by atoms with Gasteiger partial charge in [0, 0.05) is 26.5 Å². The Morgan fingerprint density at radius 2 is 1.37 bits per heavy atom. The Kier molecular flexibility index (Phi) is 5.17. The maximum Gasteiger partial charge on any atom is 0.254 e. The minimum atomic E-state index is -0.849. The third kappa shape index (κ3) is 3.45. The van der Waals surface area contributed by atoms with Gasteiger partial charge in [-0.05, 0) is 48.5 Å². The molecule has 27 heavy (non-hydrogen) atoms. The van der Waals surface area contributed by atoms with Crippen LogP contribution in [0.3, 0.4) is 0 Å². The van der Waals surface area contributed by atoms with E-state index < -0.39 is 16.9 Å². The zero-order valence-electron chi connectivity index (χ0n) is 18.1. The number of aliphatic imine (C=N–C) groups is 1. The summed E-state index contributed by atoms with van der Waals surface area (Å²) < 4.78 is 0.951. The molecule has 0 bridgehead atoms. The van der Waals surface area contributed by atoms with Crippen molar-refractivity contribution in [1.29, 1.82) is 0 Å². The van der Waals surface area contributed by atoms with Crippen molar-refractivity contribution in [2.24, 2.45) is 15.2 Å². The molecule has 152 valence electrons. The highest BCUT2D eigenvalue weighted by atomic mass is 16.7. The molecule has 0 saturated carbocycles. The first-order chi connectivity index (χ1) is 12.2. The second-order valence-corrected chi connectivity index (χ2v) is 8.93. The average Bonchev–Trinajstić information content (AvgIpc) is 2.75. The average molecular weight is 380 g/mol. The SMILES string of the molecule is CC1=NC(C)(C)N(O/C=N/N=C/ON2C(C)(C)C(C)=[N+]([O-])C2(C)C)C1(C)C. The number of hydrogen-bond donors (Lipinski definition) is 0.